The van der Waals surface area contributed by atoms with E-state index < -0.39 is 0 Å². The first-order chi connectivity index (χ1) is 9.13. The number of anilines is 2. The van der Waals surface area contributed by atoms with Crippen LogP contribution in [-0.4, -0.2) is 11.5 Å². The largest absolute Gasteiger partial charge is 0.398 e. The summed E-state index contributed by atoms with van der Waals surface area (Å²) in [5.74, 6) is 0. The Morgan fingerprint density at radius 1 is 1.42 bits per heavy atom. The highest BCUT2D eigenvalue weighted by atomic mass is 127. The number of hydrogen-bond donors (Lipinski definition) is 3. The third kappa shape index (κ3) is 2.83. The van der Waals surface area contributed by atoms with Crippen molar-refractivity contribution in [3.8, 4) is 0 Å². The van der Waals surface area contributed by atoms with Crippen LogP contribution in [0.1, 0.15) is 15.9 Å². The van der Waals surface area contributed by atoms with Gasteiger partial charge in [-0.2, -0.15) is 0 Å². The molecule has 1 aromatic carbocycles. The lowest BCUT2D eigenvalue weighted by Gasteiger charge is -2.22. The summed E-state index contributed by atoms with van der Waals surface area (Å²) in [4.78, 5) is 6.85. The van der Waals surface area contributed by atoms with Gasteiger partial charge in [-0.15, -0.1) is 11.8 Å². The van der Waals surface area contributed by atoms with E-state index in [0.29, 0.717) is 5.13 Å². The van der Waals surface area contributed by atoms with E-state index in [1.54, 1.807) is 23.1 Å². The second-order valence-electron chi connectivity index (χ2n) is 4.25. The van der Waals surface area contributed by atoms with Crippen LogP contribution in [-0.2, 0) is 6.42 Å². The molecule has 1 aromatic heterocycles. The minimum Gasteiger partial charge on any atom is -0.398 e. The number of benzene rings is 1. The summed E-state index contributed by atoms with van der Waals surface area (Å²) in [7, 11) is 0. The Bertz CT molecular complexity index is 614. The minimum atomic E-state index is 0.234. The molecular weight excluding hydrogens is 391 g/mol. The summed E-state index contributed by atoms with van der Waals surface area (Å²) < 4.78 is 1.09. The fourth-order valence-electron chi connectivity index (χ4n) is 1.99. The topological polar surface area (TPSA) is 77.0 Å². The highest BCUT2D eigenvalue weighted by Gasteiger charge is 2.24. The van der Waals surface area contributed by atoms with Crippen molar-refractivity contribution < 1.29 is 0 Å². The van der Waals surface area contributed by atoms with Crippen LogP contribution in [0.5, 0.6) is 0 Å². The van der Waals surface area contributed by atoms with Crippen LogP contribution in [0.25, 0.3) is 0 Å². The number of fused-ring (bicyclic) bond motifs is 1. The van der Waals surface area contributed by atoms with Gasteiger partial charge in [0.2, 0.25) is 0 Å². The lowest BCUT2D eigenvalue weighted by atomic mass is 10.2. The summed E-state index contributed by atoms with van der Waals surface area (Å²) in [6, 6.07) is 6.12. The summed E-state index contributed by atoms with van der Waals surface area (Å²) in [6.45, 7) is 0.944. The van der Waals surface area contributed by atoms with Crippen LogP contribution >= 0.6 is 45.7 Å². The fourth-order valence-corrected chi connectivity index (χ4v) is 4.89. The van der Waals surface area contributed by atoms with Crippen LogP contribution in [0, 0.1) is 3.57 Å². The first kappa shape index (κ1) is 13.5. The fraction of sp³-hybridized carbons (Fsp3) is 0.250. The van der Waals surface area contributed by atoms with E-state index in [1.165, 1.54) is 9.77 Å². The molecule has 4 nitrogen and oxygen atoms in total. The van der Waals surface area contributed by atoms with Gasteiger partial charge in [-0.25, -0.2) is 4.98 Å². The van der Waals surface area contributed by atoms with Gasteiger partial charge in [0, 0.05) is 27.1 Å². The third-order valence-corrected chi connectivity index (χ3v) is 6.14. The average Bonchev–Trinajstić information content (AvgIpc) is 2.75. The number of hydrogen-bond acceptors (Lipinski definition) is 6. The number of thioether (sulfide) groups is 1. The molecule has 19 heavy (non-hydrogen) atoms. The quantitative estimate of drug-likeness (QED) is 0.530. The zero-order chi connectivity index (χ0) is 13.4. The van der Waals surface area contributed by atoms with Crippen LogP contribution < -0.4 is 16.8 Å². The number of thiazole rings is 1. The van der Waals surface area contributed by atoms with Crippen molar-refractivity contribution in [3.63, 3.8) is 0 Å². The molecule has 0 bridgehead atoms. The molecule has 1 aliphatic rings. The molecule has 2 heterocycles. The standard InChI is InChI=1S/C12H13IN4S2/c13-7-5-6(1-2-8(7)14)18-11-10-9(3-4-16-11)17-12(15)19-10/h1-2,5,11,16H,3-4,14H2,(H2,15,17). The van der Waals surface area contributed by atoms with E-state index >= 15 is 0 Å². The Kier molecular flexibility index (Phi) is 3.88. The molecule has 3 rings (SSSR count). The highest BCUT2D eigenvalue weighted by molar-refractivity contribution is 14.1. The molecule has 0 fully saturated rings. The number of nitrogens with one attached hydrogen (secondary N) is 1. The van der Waals surface area contributed by atoms with E-state index in [0.717, 1.165) is 27.9 Å². The number of rotatable bonds is 2. The summed E-state index contributed by atoms with van der Waals surface area (Å²) in [6.07, 6.45) is 0.958. The van der Waals surface area contributed by atoms with E-state index in [1.807, 2.05) is 6.07 Å². The van der Waals surface area contributed by atoms with Crippen molar-refractivity contribution >= 4 is 56.5 Å². The van der Waals surface area contributed by atoms with E-state index in [9.17, 15) is 0 Å². The second-order valence-corrected chi connectivity index (χ2v) is 7.65. The molecule has 0 saturated heterocycles. The SMILES string of the molecule is Nc1nc2c(s1)C(Sc1ccc(N)c(I)c1)NCC2. The van der Waals surface area contributed by atoms with Crippen LogP contribution in [0.4, 0.5) is 10.8 Å². The first-order valence-corrected chi connectivity index (χ1v) is 8.61. The van der Waals surface area contributed by atoms with Gasteiger partial charge in [-0.3, -0.25) is 0 Å². The summed E-state index contributed by atoms with van der Waals surface area (Å²) in [5, 5.41) is 4.41. The van der Waals surface area contributed by atoms with Crippen LogP contribution in [0.15, 0.2) is 23.1 Å². The first-order valence-electron chi connectivity index (χ1n) is 5.83. The van der Waals surface area contributed by atoms with Crippen LogP contribution in [0.2, 0.25) is 0 Å². The number of aromatic nitrogens is 1. The van der Waals surface area contributed by atoms with Crippen molar-refractivity contribution in [3.05, 3.63) is 32.3 Å². The molecule has 1 unspecified atom stereocenters. The van der Waals surface area contributed by atoms with Crippen molar-refractivity contribution in [1.82, 2.24) is 10.3 Å². The zero-order valence-electron chi connectivity index (χ0n) is 10.0. The van der Waals surface area contributed by atoms with Gasteiger partial charge in [0.1, 0.15) is 0 Å². The molecule has 5 N–H and O–H groups in total. The third-order valence-electron chi connectivity index (χ3n) is 2.90. The highest BCUT2D eigenvalue weighted by Crippen LogP contribution is 2.41. The molecule has 0 spiro atoms. The maximum absolute atomic E-state index is 5.84. The Morgan fingerprint density at radius 3 is 3.05 bits per heavy atom. The number of nitrogen functional groups attached to an aromatic ring is 2. The van der Waals surface area contributed by atoms with Crippen molar-refractivity contribution in [2.45, 2.75) is 16.7 Å². The predicted octanol–water partition coefficient (Wildman–Crippen LogP) is 2.85. The Morgan fingerprint density at radius 2 is 2.26 bits per heavy atom. The lowest BCUT2D eigenvalue weighted by molar-refractivity contribution is 0.631. The Balaban J connectivity index is 1.86. The maximum atomic E-state index is 5.84. The molecule has 1 atom stereocenters. The van der Waals surface area contributed by atoms with Crippen LogP contribution in [0.3, 0.4) is 0 Å². The molecule has 7 heteroatoms. The molecule has 100 valence electrons. The molecule has 0 aliphatic carbocycles. The minimum absolute atomic E-state index is 0.234. The van der Waals surface area contributed by atoms with Gasteiger partial charge in [0.15, 0.2) is 5.13 Å². The normalized spacial score (nSPS) is 18.3. The Labute approximate surface area is 133 Å². The average molecular weight is 404 g/mol. The van der Waals surface area contributed by atoms with Gasteiger partial charge in [0.05, 0.1) is 15.9 Å². The molecule has 1 aliphatic heterocycles. The van der Waals surface area contributed by atoms with Gasteiger partial charge in [0.25, 0.3) is 0 Å². The predicted molar refractivity (Wildman–Crippen MR) is 90.4 cm³/mol. The molecular formula is C12H13IN4S2. The van der Waals surface area contributed by atoms with E-state index in [4.69, 9.17) is 11.5 Å². The maximum Gasteiger partial charge on any atom is 0.180 e. The molecule has 0 radical (unpaired) electrons. The molecule has 2 aromatic rings. The van der Waals surface area contributed by atoms with Gasteiger partial charge in [-0.1, -0.05) is 11.3 Å². The van der Waals surface area contributed by atoms with Gasteiger partial charge >= 0.3 is 0 Å². The van der Waals surface area contributed by atoms with Crippen molar-refractivity contribution in [1.29, 1.82) is 0 Å². The lowest BCUT2D eigenvalue weighted by Crippen LogP contribution is -2.26. The monoisotopic (exact) mass is 404 g/mol. The molecule has 0 amide bonds. The van der Waals surface area contributed by atoms with Gasteiger partial charge in [-0.05, 0) is 40.8 Å². The molecule has 0 saturated carbocycles. The van der Waals surface area contributed by atoms with E-state index in [-0.39, 0.29) is 5.37 Å². The van der Waals surface area contributed by atoms with E-state index in [2.05, 4.69) is 45.0 Å². The smallest absolute Gasteiger partial charge is 0.180 e. The number of halogens is 1. The van der Waals surface area contributed by atoms with Crippen molar-refractivity contribution in [2.75, 3.05) is 18.0 Å². The number of nitrogens with two attached hydrogens (primary N) is 2. The zero-order valence-corrected chi connectivity index (χ0v) is 13.8. The summed E-state index contributed by atoms with van der Waals surface area (Å²) >= 11 is 5.63. The van der Waals surface area contributed by atoms with Crippen molar-refractivity contribution in [2.24, 2.45) is 0 Å². The van der Waals surface area contributed by atoms with Gasteiger partial charge < -0.3 is 16.8 Å². The summed E-state index contributed by atoms with van der Waals surface area (Å²) in [5.41, 5.74) is 13.6. The number of nitrogens with zero attached hydrogens (tertiary/aromatic N) is 1. The second kappa shape index (κ2) is 5.47. The Hall–Kier alpha value is -0.510.